The predicted octanol–water partition coefficient (Wildman–Crippen LogP) is 2.33. The Labute approximate surface area is 111 Å². The molecule has 0 fully saturated rings. The van der Waals surface area contributed by atoms with E-state index in [9.17, 15) is 22.4 Å². The molecule has 3 N–H and O–H groups in total. The number of carbonyl (C=O) groups excluding carboxylic acids is 1. The summed E-state index contributed by atoms with van der Waals surface area (Å²) in [6, 6.07) is 3.16. The fraction of sp³-hybridized carbons (Fsp3) is 0.364. The molecule has 0 saturated carbocycles. The zero-order valence-electron chi connectivity index (χ0n) is 9.81. The summed E-state index contributed by atoms with van der Waals surface area (Å²) < 4.78 is 49.6. The quantitative estimate of drug-likeness (QED) is 0.838. The molecule has 1 amide bonds. The van der Waals surface area contributed by atoms with E-state index >= 15 is 0 Å². The van der Waals surface area contributed by atoms with Gasteiger partial charge in [-0.15, -0.1) is 0 Å². The molecule has 0 heterocycles. The van der Waals surface area contributed by atoms with Crippen molar-refractivity contribution >= 4 is 17.5 Å². The van der Waals surface area contributed by atoms with Gasteiger partial charge in [0.1, 0.15) is 11.4 Å². The topological polar surface area (TPSA) is 55.1 Å². The van der Waals surface area contributed by atoms with E-state index in [0.717, 1.165) is 18.2 Å². The van der Waals surface area contributed by atoms with E-state index < -0.39 is 30.0 Å². The van der Waals surface area contributed by atoms with Gasteiger partial charge in [-0.2, -0.15) is 13.2 Å². The zero-order valence-corrected chi connectivity index (χ0v) is 10.6. The van der Waals surface area contributed by atoms with Crippen molar-refractivity contribution in [1.82, 2.24) is 5.32 Å². The summed E-state index contributed by atoms with van der Waals surface area (Å²) in [7, 11) is 0. The Kier molecular flexibility index (Phi) is 4.42. The largest absolute Gasteiger partial charge is 0.401 e. The van der Waals surface area contributed by atoms with Gasteiger partial charge in [0.2, 0.25) is 5.91 Å². The van der Waals surface area contributed by atoms with Crippen molar-refractivity contribution in [2.45, 2.75) is 18.6 Å². The molecule has 1 unspecified atom stereocenters. The summed E-state index contributed by atoms with van der Waals surface area (Å²) in [5.41, 5.74) is 3.37. The lowest BCUT2D eigenvalue weighted by Crippen LogP contribution is -2.53. The number of benzene rings is 1. The second-order valence-electron chi connectivity index (χ2n) is 4.09. The first kappa shape index (κ1) is 15.7. The van der Waals surface area contributed by atoms with E-state index in [-0.39, 0.29) is 10.6 Å². The van der Waals surface area contributed by atoms with Crippen LogP contribution in [0.2, 0.25) is 5.02 Å². The SMILES string of the molecule is CC(NCC(F)(F)F)(C(N)=O)c1ccc(F)c(Cl)c1. The number of carbonyl (C=O) groups is 1. The van der Waals surface area contributed by atoms with Gasteiger partial charge in [0.15, 0.2) is 0 Å². The van der Waals surface area contributed by atoms with Crippen LogP contribution in [-0.4, -0.2) is 18.6 Å². The normalized spacial score (nSPS) is 15.1. The fourth-order valence-electron chi connectivity index (χ4n) is 1.42. The van der Waals surface area contributed by atoms with Gasteiger partial charge in [-0.05, 0) is 24.6 Å². The molecule has 3 nitrogen and oxygen atoms in total. The van der Waals surface area contributed by atoms with E-state index in [0.29, 0.717) is 0 Å². The van der Waals surface area contributed by atoms with Crippen LogP contribution in [0.3, 0.4) is 0 Å². The third-order valence-corrected chi connectivity index (χ3v) is 2.92. The highest BCUT2D eigenvalue weighted by atomic mass is 35.5. The molecular weight excluding hydrogens is 288 g/mol. The molecule has 8 heteroatoms. The Morgan fingerprint density at radius 3 is 2.42 bits per heavy atom. The van der Waals surface area contributed by atoms with Gasteiger partial charge in [0.05, 0.1) is 11.6 Å². The molecule has 1 rings (SSSR count). The Bertz CT molecular complexity index is 492. The van der Waals surface area contributed by atoms with Gasteiger partial charge >= 0.3 is 6.18 Å². The maximum Gasteiger partial charge on any atom is 0.401 e. The van der Waals surface area contributed by atoms with E-state index in [1.54, 1.807) is 0 Å². The molecule has 0 saturated heterocycles. The number of nitrogens with one attached hydrogen (secondary N) is 1. The smallest absolute Gasteiger partial charge is 0.368 e. The van der Waals surface area contributed by atoms with Crippen molar-refractivity contribution in [3.63, 3.8) is 0 Å². The van der Waals surface area contributed by atoms with Gasteiger partial charge in [-0.3, -0.25) is 10.1 Å². The predicted molar refractivity (Wildman–Crippen MR) is 62.0 cm³/mol. The number of nitrogens with two attached hydrogens (primary N) is 1. The molecule has 1 aromatic carbocycles. The van der Waals surface area contributed by atoms with E-state index in [2.05, 4.69) is 0 Å². The van der Waals surface area contributed by atoms with Crippen molar-refractivity contribution in [3.8, 4) is 0 Å². The summed E-state index contributed by atoms with van der Waals surface area (Å²) in [6.07, 6.45) is -4.51. The van der Waals surface area contributed by atoms with Crippen LogP contribution in [0, 0.1) is 5.82 Å². The first-order valence-corrected chi connectivity index (χ1v) is 5.51. The zero-order chi connectivity index (χ0) is 14.8. The van der Waals surface area contributed by atoms with Gasteiger partial charge in [-0.1, -0.05) is 17.7 Å². The molecule has 0 aliphatic rings. The standard InChI is InChI=1S/C11H11ClF4N2O/c1-10(9(17)19,18-5-11(14,15)16)6-2-3-8(13)7(12)4-6/h2-4,18H,5H2,1H3,(H2,17,19). The first-order valence-electron chi connectivity index (χ1n) is 5.13. The molecule has 1 atom stereocenters. The highest BCUT2D eigenvalue weighted by Gasteiger charge is 2.38. The number of amides is 1. The Balaban J connectivity index is 3.11. The first-order chi connectivity index (χ1) is 8.56. The number of alkyl halides is 3. The van der Waals surface area contributed by atoms with Gasteiger partial charge in [-0.25, -0.2) is 4.39 Å². The van der Waals surface area contributed by atoms with Crippen LogP contribution in [-0.2, 0) is 10.3 Å². The van der Waals surface area contributed by atoms with Gasteiger partial charge < -0.3 is 5.73 Å². The number of rotatable bonds is 4. The Morgan fingerprint density at radius 1 is 1.42 bits per heavy atom. The lowest BCUT2D eigenvalue weighted by atomic mass is 9.91. The van der Waals surface area contributed by atoms with Crippen molar-refractivity contribution in [3.05, 3.63) is 34.6 Å². The van der Waals surface area contributed by atoms with Crippen LogP contribution < -0.4 is 11.1 Å². The third kappa shape index (κ3) is 3.81. The molecule has 0 spiro atoms. The van der Waals surface area contributed by atoms with Crippen molar-refractivity contribution < 1.29 is 22.4 Å². The molecule has 0 bridgehead atoms. The fourth-order valence-corrected chi connectivity index (χ4v) is 1.60. The second-order valence-corrected chi connectivity index (χ2v) is 4.49. The Hall–Kier alpha value is -1.34. The minimum atomic E-state index is -4.51. The summed E-state index contributed by atoms with van der Waals surface area (Å²) in [6.45, 7) is -0.244. The summed E-state index contributed by atoms with van der Waals surface area (Å²) in [5, 5.41) is 1.71. The molecule has 106 valence electrons. The molecule has 0 aromatic heterocycles. The maximum atomic E-state index is 13.0. The number of primary amides is 1. The number of hydrogen-bond acceptors (Lipinski definition) is 2. The second kappa shape index (κ2) is 5.34. The monoisotopic (exact) mass is 298 g/mol. The van der Waals surface area contributed by atoms with Crippen LogP contribution in [0.5, 0.6) is 0 Å². The van der Waals surface area contributed by atoms with E-state index in [1.165, 1.54) is 6.92 Å². The minimum absolute atomic E-state index is 0.0515. The molecule has 1 aromatic rings. The molecule has 0 aliphatic heterocycles. The van der Waals surface area contributed by atoms with Crippen LogP contribution in [0.4, 0.5) is 17.6 Å². The van der Waals surface area contributed by atoms with Crippen molar-refractivity contribution in [2.75, 3.05) is 6.54 Å². The van der Waals surface area contributed by atoms with Crippen LogP contribution in [0.15, 0.2) is 18.2 Å². The van der Waals surface area contributed by atoms with Gasteiger partial charge in [0.25, 0.3) is 0 Å². The molecule has 19 heavy (non-hydrogen) atoms. The highest BCUT2D eigenvalue weighted by molar-refractivity contribution is 6.30. The van der Waals surface area contributed by atoms with Gasteiger partial charge in [0, 0.05) is 0 Å². The van der Waals surface area contributed by atoms with Crippen molar-refractivity contribution in [1.29, 1.82) is 0 Å². The lowest BCUT2D eigenvalue weighted by Gasteiger charge is -2.28. The number of hydrogen-bond donors (Lipinski definition) is 2. The summed E-state index contributed by atoms with van der Waals surface area (Å²) >= 11 is 5.54. The molecule has 0 aliphatic carbocycles. The summed E-state index contributed by atoms with van der Waals surface area (Å²) in [5.74, 6) is -1.77. The van der Waals surface area contributed by atoms with Crippen LogP contribution >= 0.6 is 11.6 Å². The van der Waals surface area contributed by atoms with E-state index in [1.807, 2.05) is 5.32 Å². The average Bonchev–Trinajstić information content (AvgIpc) is 2.28. The van der Waals surface area contributed by atoms with Crippen LogP contribution in [0.1, 0.15) is 12.5 Å². The maximum absolute atomic E-state index is 13.0. The third-order valence-electron chi connectivity index (χ3n) is 2.63. The van der Waals surface area contributed by atoms with E-state index in [4.69, 9.17) is 17.3 Å². The highest BCUT2D eigenvalue weighted by Crippen LogP contribution is 2.26. The van der Waals surface area contributed by atoms with Crippen LogP contribution in [0.25, 0.3) is 0 Å². The summed E-state index contributed by atoms with van der Waals surface area (Å²) in [4.78, 5) is 11.4. The number of halogens is 5. The lowest BCUT2D eigenvalue weighted by molar-refractivity contribution is -0.135. The molecule has 0 radical (unpaired) electrons. The minimum Gasteiger partial charge on any atom is -0.368 e. The Morgan fingerprint density at radius 2 is 2.00 bits per heavy atom. The molecular formula is C11H11ClF4N2O. The average molecular weight is 299 g/mol. The van der Waals surface area contributed by atoms with Crippen molar-refractivity contribution in [2.24, 2.45) is 5.73 Å².